The summed E-state index contributed by atoms with van der Waals surface area (Å²) in [6.07, 6.45) is 0. The summed E-state index contributed by atoms with van der Waals surface area (Å²) in [5, 5.41) is 0. The van der Waals surface area contributed by atoms with Crippen molar-refractivity contribution in [2.24, 2.45) is 0 Å². The second kappa shape index (κ2) is 5.29. The third kappa shape index (κ3) is 3.93. The molecule has 0 aromatic rings. The average Bonchev–Trinajstić information content (AvgIpc) is 2.03. The first kappa shape index (κ1) is 13.4. The van der Waals surface area contributed by atoms with Crippen LogP contribution < -0.4 is 0 Å². The zero-order chi connectivity index (χ0) is 10.6. The van der Waals surface area contributed by atoms with Gasteiger partial charge in [-0.1, -0.05) is 33.5 Å². The van der Waals surface area contributed by atoms with Crippen LogP contribution in [0.4, 0.5) is 0 Å². The molecule has 2 nitrogen and oxygen atoms in total. The summed E-state index contributed by atoms with van der Waals surface area (Å²) in [4.78, 5) is 0. The molecule has 0 bridgehead atoms. The van der Waals surface area contributed by atoms with Crippen molar-refractivity contribution in [1.82, 2.24) is 8.80 Å². The standard InChI is InChI=1S/C9H26N2Si2/c1-8-11(9-2)12(4)10(3)13(5,6)7/h12H,8-9H2,1-7H3. The van der Waals surface area contributed by atoms with Crippen molar-refractivity contribution >= 4 is 17.4 Å². The fourth-order valence-corrected chi connectivity index (χ4v) is 8.08. The monoisotopic (exact) mass is 218 g/mol. The van der Waals surface area contributed by atoms with E-state index in [-0.39, 0.29) is 0 Å². The normalized spacial score (nSPS) is 15.5. The summed E-state index contributed by atoms with van der Waals surface area (Å²) in [5.41, 5.74) is 0. The molecule has 0 spiro atoms. The van der Waals surface area contributed by atoms with Gasteiger partial charge in [-0.05, 0) is 26.7 Å². The van der Waals surface area contributed by atoms with Crippen molar-refractivity contribution in [1.29, 1.82) is 0 Å². The van der Waals surface area contributed by atoms with Gasteiger partial charge in [-0.15, -0.1) is 0 Å². The van der Waals surface area contributed by atoms with Gasteiger partial charge in [-0.3, -0.25) is 0 Å². The van der Waals surface area contributed by atoms with Crippen LogP contribution in [0.1, 0.15) is 13.8 Å². The quantitative estimate of drug-likeness (QED) is 0.651. The van der Waals surface area contributed by atoms with Gasteiger partial charge >= 0.3 is 0 Å². The number of hydrogen-bond donors (Lipinski definition) is 0. The smallest absolute Gasteiger partial charge is 0.179 e. The summed E-state index contributed by atoms with van der Waals surface area (Å²) in [6.45, 7) is 16.7. The van der Waals surface area contributed by atoms with Crippen molar-refractivity contribution in [3.05, 3.63) is 0 Å². The topological polar surface area (TPSA) is 6.48 Å². The lowest BCUT2D eigenvalue weighted by atomic mass is 10.7. The minimum atomic E-state index is -1.07. The summed E-state index contributed by atoms with van der Waals surface area (Å²) in [5.74, 6) is 0. The van der Waals surface area contributed by atoms with Gasteiger partial charge in [0.2, 0.25) is 0 Å². The largest absolute Gasteiger partial charge is 0.339 e. The van der Waals surface area contributed by atoms with Crippen LogP contribution in [0, 0.1) is 0 Å². The van der Waals surface area contributed by atoms with Crippen LogP contribution in [0.2, 0.25) is 26.2 Å². The van der Waals surface area contributed by atoms with E-state index < -0.39 is 17.4 Å². The first-order valence-electron chi connectivity index (χ1n) is 5.31. The highest BCUT2D eigenvalue weighted by molar-refractivity contribution is 6.81. The van der Waals surface area contributed by atoms with E-state index in [1.165, 1.54) is 13.1 Å². The fourth-order valence-electron chi connectivity index (χ4n) is 1.56. The van der Waals surface area contributed by atoms with Gasteiger partial charge in [-0.25, -0.2) is 0 Å². The Balaban J connectivity index is 4.31. The molecule has 0 amide bonds. The highest BCUT2D eigenvalue weighted by atomic mass is 28.4. The second-order valence-corrected chi connectivity index (χ2v) is 13.0. The summed E-state index contributed by atoms with van der Waals surface area (Å²) >= 11 is 0. The number of nitrogens with zero attached hydrogens (tertiary/aromatic N) is 2. The predicted molar refractivity (Wildman–Crippen MR) is 67.0 cm³/mol. The zero-order valence-electron chi connectivity index (χ0n) is 10.4. The maximum absolute atomic E-state index is 2.69. The van der Waals surface area contributed by atoms with Gasteiger partial charge < -0.3 is 8.80 Å². The Kier molecular flexibility index (Phi) is 5.43. The third-order valence-electron chi connectivity index (χ3n) is 2.96. The van der Waals surface area contributed by atoms with Crippen LogP contribution >= 0.6 is 0 Å². The lowest BCUT2D eigenvalue weighted by Gasteiger charge is -2.40. The molecule has 1 unspecified atom stereocenters. The van der Waals surface area contributed by atoms with Crippen LogP contribution in [0.25, 0.3) is 0 Å². The lowest BCUT2D eigenvalue weighted by molar-refractivity contribution is 0.449. The molecule has 0 radical (unpaired) electrons. The minimum Gasteiger partial charge on any atom is -0.339 e. The molecule has 0 aliphatic heterocycles. The average molecular weight is 218 g/mol. The minimum absolute atomic E-state index is 0.808. The molecule has 0 fully saturated rings. The lowest BCUT2D eigenvalue weighted by Crippen LogP contribution is -2.58. The van der Waals surface area contributed by atoms with Crippen LogP contribution in [0.15, 0.2) is 0 Å². The van der Waals surface area contributed by atoms with Crippen LogP contribution in [-0.4, -0.2) is 46.3 Å². The molecule has 0 aliphatic rings. The first-order chi connectivity index (χ1) is 5.84. The Morgan fingerprint density at radius 1 is 1.08 bits per heavy atom. The maximum Gasteiger partial charge on any atom is 0.179 e. The van der Waals surface area contributed by atoms with E-state index in [4.69, 9.17) is 0 Å². The van der Waals surface area contributed by atoms with Crippen LogP contribution in [0.5, 0.6) is 0 Å². The van der Waals surface area contributed by atoms with E-state index in [0.29, 0.717) is 0 Å². The van der Waals surface area contributed by atoms with Crippen molar-refractivity contribution in [3.63, 3.8) is 0 Å². The molecule has 0 aromatic carbocycles. The van der Waals surface area contributed by atoms with Crippen molar-refractivity contribution in [3.8, 4) is 0 Å². The molecule has 0 rings (SSSR count). The highest BCUT2D eigenvalue weighted by Gasteiger charge is 2.27. The van der Waals surface area contributed by atoms with Crippen LogP contribution in [-0.2, 0) is 0 Å². The molecule has 1 atom stereocenters. The van der Waals surface area contributed by atoms with Gasteiger partial charge in [0.25, 0.3) is 0 Å². The summed E-state index contributed by atoms with van der Waals surface area (Å²) in [6, 6.07) is 0. The van der Waals surface area contributed by atoms with Gasteiger partial charge in [0.05, 0.1) is 0 Å². The summed E-state index contributed by atoms with van der Waals surface area (Å²) in [7, 11) is 0.447. The molecular weight excluding hydrogens is 192 g/mol. The van der Waals surface area contributed by atoms with Crippen LogP contribution in [0.3, 0.4) is 0 Å². The Labute approximate surface area is 86.8 Å². The first-order valence-corrected chi connectivity index (χ1v) is 10.9. The molecule has 0 N–H and O–H groups in total. The molecule has 0 aliphatic carbocycles. The van der Waals surface area contributed by atoms with Crippen molar-refractivity contribution in [2.45, 2.75) is 40.0 Å². The molecule has 0 heterocycles. The van der Waals surface area contributed by atoms with Gasteiger partial charge in [0.15, 0.2) is 9.12 Å². The van der Waals surface area contributed by atoms with E-state index in [0.717, 1.165) is 0 Å². The Hall–Kier alpha value is 0.354. The molecule has 0 aromatic heterocycles. The van der Waals surface area contributed by atoms with Crippen molar-refractivity contribution in [2.75, 3.05) is 20.1 Å². The molecular formula is C9H26N2Si2. The third-order valence-corrected chi connectivity index (χ3v) is 11.4. The summed E-state index contributed by atoms with van der Waals surface area (Å²) < 4.78 is 5.33. The SMILES string of the molecule is CCN(CC)[SiH](C)N(C)[Si](C)(C)C. The Morgan fingerprint density at radius 2 is 1.46 bits per heavy atom. The molecule has 0 saturated carbocycles. The van der Waals surface area contributed by atoms with Crippen molar-refractivity contribution < 1.29 is 0 Å². The van der Waals surface area contributed by atoms with Gasteiger partial charge in [0.1, 0.15) is 8.24 Å². The Morgan fingerprint density at radius 3 is 1.69 bits per heavy atom. The van der Waals surface area contributed by atoms with E-state index in [1.54, 1.807) is 0 Å². The predicted octanol–water partition coefficient (Wildman–Crippen LogP) is 1.95. The van der Waals surface area contributed by atoms with E-state index in [2.05, 4.69) is 55.9 Å². The highest BCUT2D eigenvalue weighted by Crippen LogP contribution is 2.10. The van der Waals surface area contributed by atoms with Gasteiger partial charge in [-0.2, -0.15) is 0 Å². The van der Waals surface area contributed by atoms with Gasteiger partial charge in [0, 0.05) is 0 Å². The Bertz CT molecular complexity index is 141. The molecule has 4 heteroatoms. The molecule has 0 saturated heterocycles. The number of hydrogen-bond acceptors (Lipinski definition) is 2. The van der Waals surface area contributed by atoms with E-state index >= 15 is 0 Å². The molecule has 13 heavy (non-hydrogen) atoms. The van der Waals surface area contributed by atoms with E-state index in [1.807, 2.05) is 0 Å². The number of rotatable bonds is 5. The second-order valence-electron chi connectivity index (χ2n) is 4.63. The fraction of sp³-hybridized carbons (Fsp3) is 1.00. The maximum atomic E-state index is 2.69. The zero-order valence-corrected chi connectivity index (χ0v) is 12.5. The molecule has 80 valence electrons. The van der Waals surface area contributed by atoms with E-state index in [9.17, 15) is 0 Å².